The average molecular weight is 282 g/mol. The van der Waals surface area contributed by atoms with Crippen molar-refractivity contribution in [1.29, 1.82) is 5.26 Å². The topological polar surface area (TPSA) is 35.8 Å². The van der Waals surface area contributed by atoms with Crippen LogP contribution in [0.25, 0.3) is 0 Å². The summed E-state index contributed by atoms with van der Waals surface area (Å²) in [7, 11) is 0. The monoisotopic (exact) mass is 282 g/mol. The second-order valence-electron chi connectivity index (χ2n) is 5.24. The molecular weight excluding hydrogens is 265 g/mol. The van der Waals surface area contributed by atoms with Crippen molar-refractivity contribution in [3.63, 3.8) is 0 Å². The van der Waals surface area contributed by atoms with Gasteiger partial charge in [-0.25, -0.2) is 0 Å². The maximum atomic E-state index is 12.6. The van der Waals surface area contributed by atoms with Crippen molar-refractivity contribution < 1.29 is 13.2 Å². The van der Waals surface area contributed by atoms with Crippen molar-refractivity contribution in [1.82, 2.24) is 0 Å². The van der Waals surface area contributed by atoms with Gasteiger partial charge in [0.25, 0.3) is 0 Å². The fraction of sp³-hybridized carbons (Fsp3) is 0.533. The number of hydrogen-bond donors (Lipinski definition) is 1. The minimum atomic E-state index is -4.41. The SMILES string of the molecule is N#Cc1cc(C(F)(F)F)ccc1NCCC1CCCC1. The number of nitriles is 1. The van der Waals surface area contributed by atoms with Crippen LogP contribution in [0, 0.1) is 17.2 Å². The van der Waals surface area contributed by atoms with Gasteiger partial charge in [0.2, 0.25) is 0 Å². The molecule has 1 aromatic carbocycles. The Morgan fingerprint density at radius 3 is 2.55 bits per heavy atom. The molecule has 1 aliphatic rings. The largest absolute Gasteiger partial charge is 0.416 e. The van der Waals surface area contributed by atoms with Crippen LogP contribution in [-0.2, 0) is 6.18 Å². The lowest BCUT2D eigenvalue weighted by atomic mass is 10.0. The average Bonchev–Trinajstić information content (AvgIpc) is 2.91. The van der Waals surface area contributed by atoms with Gasteiger partial charge in [0.15, 0.2) is 0 Å². The second kappa shape index (κ2) is 6.17. The minimum Gasteiger partial charge on any atom is -0.384 e. The number of nitrogens with one attached hydrogen (secondary N) is 1. The van der Waals surface area contributed by atoms with Crippen molar-refractivity contribution in [3.05, 3.63) is 29.3 Å². The summed E-state index contributed by atoms with van der Waals surface area (Å²) in [5.74, 6) is 0.711. The molecule has 0 amide bonds. The number of rotatable bonds is 4. The van der Waals surface area contributed by atoms with E-state index in [2.05, 4.69) is 5.32 Å². The number of nitrogens with zero attached hydrogens (tertiary/aromatic N) is 1. The van der Waals surface area contributed by atoms with E-state index in [0.29, 0.717) is 18.2 Å². The van der Waals surface area contributed by atoms with Gasteiger partial charge in [0.1, 0.15) is 6.07 Å². The molecule has 1 saturated carbocycles. The van der Waals surface area contributed by atoms with E-state index < -0.39 is 11.7 Å². The molecule has 2 nitrogen and oxygen atoms in total. The number of benzene rings is 1. The van der Waals surface area contributed by atoms with Crippen LogP contribution in [-0.4, -0.2) is 6.54 Å². The van der Waals surface area contributed by atoms with E-state index in [-0.39, 0.29) is 5.56 Å². The van der Waals surface area contributed by atoms with E-state index in [9.17, 15) is 13.2 Å². The van der Waals surface area contributed by atoms with E-state index in [0.717, 1.165) is 18.6 Å². The molecule has 5 heteroatoms. The van der Waals surface area contributed by atoms with Gasteiger partial charge in [-0.2, -0.15) is 18.4 Å². The Morgan fingerprint density at radius 1 is 1.25 bits per heavy atom. The summed E-state index contributed by atoms with van der Waals surface area (Å²) >= 11 is 0. The Balaban J connectivity index is 1.99. The van der Waals surface area contributed by atoms with Crippen LogP contribution in [0.3, 0.4) is 0 Å². The third-order valence-electron chi connectivity index (χ3n) is 3.81. The van der Waals surface area contributed by atoms with Gasteiger partial charge in [-0.1, -0.05) is 25.7 Å². The smallest absolute Gasteiger partial charge is 0.384 e. The van der Waals surface area contributed by atoms with Gasteiger partial charge >= 0.3 is 6.18 Å². The van der Waals surface area contributed by atoms with Crippen LogP contribution in [0.4, 0.5) is 18.9 Å². The van der Waals surface area contributed by atoms with Crippen LogP contribution in [0.5, 0.6) is 0 Å². The van der Waals surface area contributed by atoms with Crippen molar-refractivity contribution in [2.45, 2.75) is 38.3 Å². The minimum absolute atomic E-state index is 0.0475. The standard InChI is InChI=1S/C15H17F3N2/c16-15(17,18)13-5-6-14(12(9-13)10-19)20-8-7-11-3-1-2-4-11/h5-6,9,11,20H,1-4,7-8H2. The molecule has 2 rings (SSSR count). The highest BCUT2D eigenvalue weighted by Crippen LogP contribution is 2.32. The Morgan fingerprint density at radius 2 is 1.95 bits per heavy atom. The molecule has 0 saturated heterocycles. The number of halogens is 3. The molecule has 108 valence electrons. The van der Waals surface area contributed by atoms with E-state index in [1.54, 1.807) is 0 Å². The molecule has 0 unspecified atom stereocenters. The molecule has 1 aromatic rings. The van der Waals surface area contributed by atoms with Crippen molar-refractivity contribution in [2.24, 2.45) is 5.92 Å². The zero-order valence-electron chi connectivity index (χ0n) is 11.1. The number of anilines is 1. The molecule has 1 aliphatic carbocycles. The van der Waals surface area contributed by atoms with Crippen molar-refractivity contribution in [3.8, 4) is 6.07 Å². The van der Waals surface area contributed by atoms with Gasteiger partial charge in [0.05, 0.1) is 16.8 Å². The predicted molar refractivity (Wildman–Crippen MR) is 71.2 cm³/mol. The maximum absolute atomic E-state index is 12.6. The number of alkyl halides is 3. The molecule has 20 heavy (non-hydrogen) atoms. The highest BCUT2D eigenvalue weighted by molar-refractivity contribution is 5.58. The Bertz CT molecular complexity index is 497. The molecule has 1 fully saturated rings. The molecular formula is C15H17F3N2. The summed E-state index contributed by atoms with van der Waals surface area (Å²) in [6.45, 7) is 0.699. The van der Waals surface area contributed by atoms with Gasteiger partial charge in [0, 0.05) is 6.54 Å². The van der Waals surface area contributed by atoms with Crippen molar-refractivity contribution in [2.75, 3.05) is 11.9 Å². The first kappa shape index (κ1) is 14.7. The molecule has 0 aromatic heterocycles. The summed E-state index contributed by atoms with van der Waals surface area (Å²) in [6, 6.07) is 5.08. The summed E-state index contributed by atoms with van der Waals surface area (Å²) in [5.41, 5.74) is -0.250. The first-order valence-corrected chi connectivity index (χ1v) is 6.86. The third kappa shape index (κ3) is 3.66. The molecule has 0 bridgehead atoms. The maximum Gasteiger partial charge on any atom is 0.416 e. The van der Waals surface area contributed by atoms with Gasteiger partial charge < -0.3 is 5.32 Å². The highest BCUT2D eigenvalue weighted by Gasteiger charge is 2.31. The zero-order valence-corrected chi connectivity index (χ0v) is 11.1. The molecule has 0 radical (unpaired) electrons. The fourth-order valence-electron chi connectivity index (χ4n) is 2.68. The lowest BCUT2D eigenvalue weighted by molar-refractivity contribution is -0.137. The number of hydrogen-bond acceptors (Lipinski definition) is 2. The quantitative estimate of drug-likeness (QED) is 0.878. The van der Waals surface area contributed by atoms with E-state index in [1.165, 1.54) is 31.7 Å². The van der Waals surface area contributed by atoms with E-state index >= 15 is 0 Å². The van der Waals surface area contributed by atoms with E-state index in [1.807, 2.05) is 6.07 Å². The van der Waals surface area contributed by atoms with Crippen LogP contribution in [0.2, 0.25) is 0 Å². The Kier molecular flexibility index (Phi) is 4.53. The molecule has 0 spiro atoms. The third-order valence-corrected chi connectivity index (χ3v) is 3.81. The molecule has 1 N–H and O–H groups in total. The Labute approximate surface area is 116 Å². The lowest BCUT2D eigenvalue weighted by Gasteiger charge is -2.13. The summed E-state index contributed by atoms with van der Waals surface area (Å²) in [4.78, 5) is 0. The Hall–Kier alpha value is -1.70. The first-order valence-electron chi connectivity index (χ1n) is 6.86. The normalized spacial score (nSPS) is 16.1. The van der Waals surface area contributed by atoms with Gasteiger partial charge in [-0.15, -0.1) is 0 Å². The molecule has 0 atom stereocenters. The van der Waals surface area contributed by atoms with Crippen LogP contribution >= 0.6 is 0 Å². The van der Waals surface area contributed by atoms with Crippen molar-refractivity contribution >= 4 is 5.69 Å². The molecule has 0 aliphatic heterocycles. The predicted octanol–water partition coefficient (Wildman–Crippen LogP) is 4.57. The lowest BCUT2D eigenvalue weighted by Crippen LogP contribution is -2.09. The summed E-state index contributed by atoms with van der Waals surface area (Å²) in [5, 5.41) is 12.0. The fourth-order valence-corrected chi connectivity index (χ4v) is 2.68. The van der Waals surface area contributed by atoms with Crippen LogP contribution in [0.15, 0.2) is 18.2 Å². The van der Waals surface area contributed by atoms with E-state index in [4.69, 9.17) is 5.26 Å². The highest BCUT2D eigenvalue weighted by atomic mass is 19.4. The van der Waals surface area contributed by atoms with Crippen LogP contribution < -0.4 is 5.32 Å². The van der Waals surface area contributed by atoms with Gasteiger partial charge in [-0.05, 0) is 30.5 Å². The zero-order chi connectivity index (χ0) is 14.6. The van der Waals surface area contributed by atoms with Gasteiger partial charge in [-0.3, -0.25) is 0 Å². The second-order valence-corrected chi connectivity index (χ2v) is 5.24. The first-order chi connectivity index (χ1) is 9.50. The summed E-state index contributed by atoms with van der Waals surface area (Å²) in [6.07, 6.45) is 1.61. The molecule has 0 heterocycles. The van der Waals surface area contributed by atoms with Crippen LogP contribution in [0.1, 0.15) is 43.2 Å². The summed E-state index contributed by atoms with van der Waals surface area (Å²) < 4.78 is 37.7.